The maximum atomic E-state index is 12.6. The Bertz CT molecular complexity index is 1200. The number of aliphatic hydroxyl groups is 1. The van der Waals surface area contributed by atoms with Crippen molar-refractivity contribution in [2.45, 2.75) is 0 Å². The minimum atomic E-state index is -0.423. The molecule has 0 saturated carbocycles. The van der Waals surface area contributed by atoms with Crippen LogP contribution in [-0.2, 0) is 0 Å². The standard InChI is InChI=1S/C21H18N6O3/c22-19(23)13-2-1-12-8-18(24-9-14(12)7-13)20(29)25-15-3-5-17(6-4-15)27-10-16(11-28)26-21(27)30/h1-9,28H,10-11H2,(H3,22,23)(H,25,29)/p+1. The number of hydrogen-bond donors (Lipinski definition) is 4. The molecule has 30 heavy (non-hydrogen) atoms. The number of carbonyl (C=O) groups is 2. The number of amidine groups is 1. The Balaban J connectivity index is 1.48. The van der Waals surface area contributed by atoms with E-state index < -0.39 is 6.03 Å². The summed E-state index contributed by atoms with van der Waals surface area (Å²) in [4.78, 5) is 33.9. The summed E-state index contributed by atoms with van der Waals surface area (Å²) in [7, 11) is 0. The number of nitrogens with two attached hydrogens (primary N) is 2. The molecule has 6 N–H and O–H groups in total. The first kappa shape index (κ1) is 19.2. The molecule has 2 aromatic carbocycles. The average Bonchev–Trinajstić information content (AvgIpc) is 3.14. The fourth-order valence-electron chi connectivity index (χ4n) is 3.13. The Morgan fingerprint density at radius 2 is 1.93 bits per heavy atom. The molecule has 0 unspecified atom stereocenters. The number of pyridine rings is 1. The van der Waals surface area contributed by atoms with E-state index in [4.69, 9.17) is 16.2 Å². The van der Waals surface area contributed by atoms with Gasteiger partial charge in [-0.1, -0.05) is 6.07 Å². The van der Waals surface area contributed by atoms with Gasteiger partial charge in [-0.25, -0.2) is 4.79 Å². The van der Waals surface area contributed by atoms with E-state index in [1.807, 2.05) is 12.1 Å². The van der Waals surface area contributed by atoms with Gasteiger partial charge in [0.15, 0.2) is 0 Å². The highest BCUT2D eigenvalue weighted by Gasteiger charge is 2.24. The molecular formula is C21H19N6O3+. The third-order valence-electron chi connectivity index (χ3n) is 4.73. The summed E-state index contributed by atoms with van der Waals surface area (Å²) in [5.41, 5.74) is 8.18. The van der Waals surface area contributed by atoms with E-state index in [1.165, 1.54) is 4.90 Å². The maximum absolute atomic E-state index is 12.6. The minimum Gasteiger partial charge on any atom is -0.390 e. The van der Waals surface area contributed by atoms with Crippen LogP contribution in [0, 0.1) is 0 Å². The van der Waals surface area contributed by atoms with Crippen LogP contribution in [0.2, 0.25) is 0 Å². The van der Waals surface area contributed by atoms with Crippen LogP contribution in [0.3, 0.4) is 0 Å². The molecule has 150 valence electrons. The minimum absolute atomic E-state index is 0.219. The number of hydrogen-bond acceptors (Lipinski definition) is 4. The molecule has 1 aliphatic heterocycles. The zero-order chi connectivity index (χ0) is 21.3. The highest BCUT2D eigenvalue weighted by molar-refractivity contribution is 6.12. The molecule has 1 aromatic heterocycles. The number of aromatic nitrogens is 1. The predicted molar refractivity (Wildman–Crippen MR) is 114 cm³/mol. The van der Waals surface area contributed by atoms with E-state index in [0.29, 0.717) is 22.6 Å². The van der Waals surface area contributed by atoms with Gasteiger partial charge in [0.25, 0.3) is 11.7 Å². The molecule has 0 aliphatic carbocycles. The van der Waals surface area contributed by atoms with Gasteiger partial charge in [0.2, 0.25) is 0 Å². The van der Waals surface area contributed by atoms with E-state index in [9.17, 15) is 9.59 Å². The molecular weight excluding hydrogens is 384 g/mol. The lowest BCUT2D eigenvalue weighted by molar-refractivity contribution is -0.114. The van der Waals surface area contributed by atoms with Crippen LogP contribution >= 0.6 is 0 Å². The number of benzene rings is 2. The summed E-state index contributed by atoms with van der Waals surface area (Å²) >= 11 is 0. The quantitative estimate of drug-likeness (QED) is 0.358. The highest BCUT2D eigenvalue weighted by Crippen LogP contribution is 2.22. The van der Waals surface area contributed by atoms with Crippen LogP contribution < -0.4 is 21.4 Å². The fourth-order valence-corrected chi connectivity index (χ4v) is 3.13. The molecule has 0 saturated heterocycles. The molecule has 0 atom stereocenters. The molecule has 2 heterocycles. The second-order valence-electron chi connectivity index (χ2n) is 6.79. The van der Waals surface area contributed by atoms with Gasteiger partial charge in [0, 0.05) is 23.0 Å². The highest BCUT2D eigenvalue weighted by atomic mass is 16.3. The van der Waals surface area contributed by atoms with E-state index in [1.54, 1.807) is 42.6 Å². The number of amides is 3. The number of aliphatic imine (C=N–C) groups is 1. The lowest BCUT2D eigenvalue weighted by atomic mass is 10.1. The van der Waals surface area contributed by atoms with Gasteiger partial charge in [0.1, 0.15) is 5.69 Å². The molecule has 4 rings (SSSR count). The number of carbonyl (C=O) groups excluding carboxylic acids is 2. The van der Waals surface area contributed by atoms with Gasteiger partial charge >= 0.3 is 6.03 Å². The smallest absolute Gasteiger partial charge is 0.348 e. The first-order chi connectivity index (χ1) is 14.4. The third-order valence-corrected chi connectivity index (χ3v) is 4.73. The van der Waals surface area contributed by atoms with Crippen molar-refractivity contribution < 1.29 is 20.1 Å². The van der Waals surface area contributed by atoms with Crippen LogP contribution in [0.1, 0.15) is 16.1 Å². The molecule has 1 aliphatic rings. The molecule has 0 spiro atoms. The SMILES string of the molecule is NC(=[NH2+])c1ccc2cc(C(=O)Nc3ccc(N4CC(CO)=NC4=O)cc3)ncc2c1. The van der Waals surface area contributed by atoms with Crippen molar-refractivity contribution in [3.05, 3.63) is 66.0 Å². The molecule has 3 aromatic rings. The number of anilines is 2. The number of aliphatic hydroxyl groups excluding tert-OH is 1. The predicted octanol–water partition coefficient (Wildman–Crippen LogP) is 0.325. The molecule has 9 nitrogen and oxygen atoms in total. The summed E-state index contributed by atoms with van der Waals surface area (Å²) in [5.74, 6) is -0.140. The summed E-state index contributed by atoms with van der Waals surface area (Å²) in [5, 5.41) is 19.2. The van der Waals surface area contributed by atoms with Crippen LogP contribution in [0.4, 0.5) is 16.2 Å². The summed E-state index contributed by atoms with van der Waals surface area (Å²) in [6.45, 7) is -0.00829. The Kier molecular flexibility index (Phi) is 4.95. The normalized spacial score (nSPS) is 13.4. The zero-order valence-corrected chi connectivity index (χ0v) is 15.9. The number of fused-ring (bicyclic) bond motifs is 1. The Morgan fingerprint density at radius 3 is 2.60 bits per heavy atom. The van der Waals surface area contributed by atoms with Crippen LogP contribution in [-0.4, -0.2) is 46.7 Å². The second-order valence-corrected chi connectivity index (χ2v) is 6.79. The Morgan fingerprint density at radius 1 is 1.17 bits per heavy atom. The van der Waals surface area contributed by atoms with Crippen molar-refractivity contribution >= 4 is 45.6 Å². The molecule has 0 fully saturated rings. The zero-order valence-electron chi connectivity index (χ0n) is 15.9. The Labute approximate surface area is 171 Å². The van der Waals surface area contributed by atoms with Crippen molar-refractivity contribution in [3.8, 4) is 0 Å². The topological polar surface area (TPSA) is 146 Å². The second kappa shape index (κ2) is 7.72. The van der Waals surface area contributed by atoms with Crippen molar-refractivity contribution in [2.75, 3.05) is 23.4 Å². The van der Waals surface area contributed by atoms with Gasteiger partial charge in [-0.2, -0.15) is 4.99 Å². The first-order valence-electron chi connectivity index (χ1n) is 9.13. The van der Waals surface area contributed by atoms with Gasteiger partial charge in [-0.3, -0.25) is 25.8 Å². The largest absolute Gasteiger partial charge is 0.390 e. The lowest BCUT2D eigenvalue weighted by Gasteiger charge is -2.15. The summed E-state index contributed by atoms with van der Waals surface area (Å²) < 4.78 is 0. The fraction of sp³-hybridized carbons (Fsp3) is 0.0952. The third kappa shape index (κ3) is 3.74. The number of urea groups is 1. The van der Waals surface area contributed by atoms with Gasteiger partial charge in [0.05, 0.1) is 24.4 Å². The lowest BCUT2D eigenvalue weighted by Crippen LogP contribution is -2.46. The van der Waals surface area contributed by atoms with Crippen molar-refractivity contribution in [2.24, 2.45) is 10.7 Å². The van der Waals surface area contributed by atoms with Crippen molar-refractivity contribution in [3.63, 3.8) is 0 Å². The van der Waals surface area contributed by atoms with E-state index >= 15 is 0 Å². The maximum Gasteiger partial charge on any atom is 0.348 e. The van der Waals surface area contributed by atoms with Gasteiger partial charge in [-0.15, -0.1) is 0 Å². The van der Waals surface area contributed by atoms with E-state index in [2.05, 4.69) is 15.3 Å². The number of nitrogens with zero attached hydrogens (tertiary/aromatic N) is 3. The first-order valence-corrected chi connectivity index (χ1v) is 9.13. The average molecular weight is 403 g/mol. The van der Waals surface area contributed by atoms with Crippen molar-refractivity contribution in [1.29, 1.82) is 0 Å². The molecule has 0 radical (unpaired) electrons. The monoisotopic (exact) mass is 403 g/mol. The number of nitrogens with one attached hydrogen (secondary N) is 1. The van der Waals surface area contributed by atoms with Crippen LogP contribution in [0.5, 0.6) is 0 Å². The van der Waals surface area contributed by atoms with Crippen LogP contribution in [0.15, 0.2) is 59.7 Å². The molecule has 0 bridgehead atoms. The summed E-state index contributed by atoms with van der Waals surface area (Å²) in [6, 6.07) is 13.5. The van der Waals surface area contributed by atoms with Gasteiger partial charge in [-0.05, 0) is 47.9 Å². The molecule has 3 amide bonds. The van der Waals surface area contributed by atoms with Crippen molar-refractivity contribution in [1.82, 2.24) is 4.98 Å². The van der Waals surface area contributed by atoms with E-state index in [0.717, 1.165) is 10.8 Å². The van der Waals surface area contributed by atoms with E-state index in [-0.39, 0.29) is 30.6 Å². The summed E-state index contributed by atoms with van der Waals surface area (Å²) in [6.07, 6.45) is 1.59. The van der Waals surface area contributed by atoms with Gasteiger partial charge < -0.3 is 10.4 Å². The number of rotatable bonds is 5. The Hall–Kier alpha value is -4.11. The molecule has 9 heteroatoms. The van der Waals surface area contributed by atoms with Crippen LogP contribution in [0.25, 0.3) is 10.8 Å².